The van der Waals surface area contributed by atoms with Gasteiger partial charge in [-0.2, -0.15) is 0 Å². The molecule has 0 saturated carbocycles. The fourth-order valence-electron chi connectivity index (χ4n) is 4.21. The molecule has 5 rings (SSSR count). The van der Waals surface area contributed by atoms with E-state index < -0.39 is 0 Å². The fourth-order valence-corrected chi connectivity index (χ4v) is 4.21. The highest BCUT2D eigenvalue weighted by molar-refractivity contribution is 6.12. The van der Waals surface area contributed by atoms with Crippen molar-refractivity contribution in [2.24, 2.45) is 0 Å². The average molecular weight is 349 g/mol. The number of nitrogens with zero attached hydrogens (tertiary/aromatic N) is 1. The van der Waals surface area contributed by atoms with Gasteiger partial charge in [-0.15, -0.1) is 0 Å². The third-order valence-electron chi connectivity index (χ3n) is 5.67. The van der Waals surface area contributed by atoms with Crippen molar-refractivity contribution < 1.29 is 0 Å². The van der Waals surface area contributed by atoms with Crippen LogP contribution in [0.5, 0.6) is 0 Å². The van der Waals surface area contributed by atoms with Crippen LogP contribution in [0, 0.1) is 6.92 Å². The maximum atomic E-state index is 4.84. The highest BCUT2D eigenvalue weighted by atomic mass is 14.7. The summed E-state index contributed by atoms with van der Waals surface area (Å²) < 4.78 is 0. The predicted molar refractivity (Wildman–Crippen MR) is 115 cm³/mol. The molecule has 27 heavy (non-hydrogen) atoms. The van der Waals surface area contributed by atoms with E-state index in [0.717, 1.165) is 5.69 Å². The van der Waals surface area contributed by atoms with Gasteiger partial charge in [0.25, 0.3) is 0 Å². The van der Waals surface area contributed by atoms with E-state index in [1.54, 1.807) is 0 Å². The van der Waals surface area contributed by atoms with E-state index in [4.69, 9.17) is 4.98 Å². The molecule has 0 amide bonds. The van der Waals surface area contributed by atoms with Crippen LogP contribution in [0.4, 0.5) is 0 Å². The van der Waals surface area contributed by atoms with Gasteiger partial charge in [0, 0.05) is 17.1 Å². The minimum atomic E-state index is 0.0960. The maximum absolute atomic E-state index is 4.84. The summed E-state index contributed by atoms with van der Waals surface area (Å²) >= 11 is 0. The molecule has 0 spiro atoms. The van der Waals surface area contributed by atoms with E-state index in [-0.39, 0.29) is 5.41 Å². The summed E-state index contributed by atoms with van der Waals surface area (Å²) in [5.74, 6) is 0. The largest absolute Gasteiger partial charge is 0.256 e. The average Bonchev–Trinajstić information content (AvgIpc) is 2.76. The monoisotopic (exact) mass is 349 g/mol. The molecule has 1 heteroatoms. The fraction of sp³-hybridized carbons (Fsp3) is 0.192. The minimum Gasteiger partial charge on any atom is -0.256 e. The summed E-state index contributed by atoms with van der Waals surface area (Å²) in [6.45, 7) is 9.00. The Bertz CT molecular complexity index is 1210. The normalized spacial score (nSPS) is 12.4. The highest BCUT2D eigenvalue weighted by Gasteiger charge is 2.24. The third-order valence-corrected chi connectivity index (χ3v) is 5.67. The van der Waals surface area contributed by atoms with Crippen LogP contribution < -0.4 is 0 Å². The summed E-state index contributed by atoms with van der Waals surface area (Å²) in [4.78, 5) is 4.84. The first-order valence-electron chi connectivity index (χ1n) is 9.57. The van der Waals surface area contributed by atoms with Crippen LogP contribution in [0.25, 0.3) is 44.3 Å². The second-order valence-electron chi connectivity index (χ2n) is 8.63. The van der Waals surface area contributed by atoms with Crippen LogP contribution in [0.15, 0.2) is 66.9 Å². The molecular weight excluding hydrogens is 326 g/mol. The van der Waals surface area contributed by atoms with Crippen molar-refractivity contribution in [3.05, 3.63) is 78.0 Å². The summed E-state index contributed by atoms with van der Waals surface area (Å²) in [5.41, 5.74) is 10.2. The topological polar surface area (TPSA) is 12.9 Å². The molecule has 4 aromatic rings. The number of fused-ring (bicyclic) bond motifs is 5. The first-order chi connectivity index (χ1) is 12.9. The van der Waals surface area contributed by atoms with Gasteiger partial charge in [-0.25, -0.2) is 0 Å². The molecular formula is C26H23N. The molecule has 3 aromatic carbocycles. The van der Waals surface area contributed by atoms with Crippen molar-refractivity contribution in [3.63, 3.8) is 0 Å². The predicted octanol–water partition coefficient (Wildman–Crippen LogP) is 7.16. The number of aromatic nitrogens is 1. The van der Waals surface area contributed by atoms with Gasteiger partial charge in [0.2, 0.25) is 0 Å². The van der Waals surface area contributed by atoms with Gasteiger partial charge in [-0.1, -0.05) is 74.9 Å². The third kappa shape index (κ3) is 2.42. The number of rotatable bonds is 0. The summed E-state index contributed by atoms with van der Waals surface area (Å²) in [6, 6.07) is 22.4. The molecule has 1 aliphatic rings. The van der Waals surface area contributed by atoms with Crippen molar-refractivity contribution in [1.29, 1.82) is 0 Å². The Labute approximate surface area is 160 Å². The van der Waals surface area contributed by atoms with Gasteiger partial charge >= 0.3 is 0 Å². The number of hydrogen-bond donors (Lipinski definition) is 0. The lowest BCUT2D eigenvalue weighted by atomic mass is 9.83. The minimum absolute atomic E-state index is 0.0960. The zero-order valence-corrected chi connectivity index (χ0v) is 16.3. The van der Waals surface area contributed by atoms with Crippen LogP contribution in [0.1, 0.15) is 31.9 Å². The van der Waals surface area contributed by atoms with E-state index in [1.165, 1.54) is 49.7 Å². The maximum Gasteiger partial charge on any atom is 0.0792 e. The van der Waals surface area contributed by atoms with Gasteiger partial charge in [-0.05, 0) is 57.7 Å². The molecule has 1 aliphatic carbocycles. The first-order valence-corrected chi connectivity index (χ1v) is 9.57. The molecule has 132 valence electrons. The SMILES string of the molecule is Cc1ccc2c(c1)-c1ccccc1-c1cc(C(C)(C)C)cc3ccnc-2c13. The second-order valence-corrected chi connectivity index (χ2v) is 8.63. The molecule has 0 bridgehead atoms. The zero-order valence-electron chi connectivity index (χ0n) is 16.3. The lowest BCUT2D eigenvalue weighted by Crippen LogP contribution is -2.11. The van der Waals surface area contributed by atoms with E-state index in [1.807, 2.05) is 6.20 Å². The molecule has 0 N–H and O–H groups in total. The molecule has 0 unspecified atom stereocenters. The Balaban J connectivity index is 2.02. The van der Waals surface area contributed by atoms with Crippen LogP contribution in [0.3, 0.4) is 0 Å². The lowest BCUT2D eigenvalue weighted by molar-refractivity contribution is 0.591. The van der Waals surface area contributed by atoms with Crippen molar-refractivity contribution in [2.45, 2.75) is 33.1 Å². The molecule has 0 radical (unpaired) electrons. The van der Waals surface area contributed by atoms with Gasteiger partial charge in [0.05, 0.1) is 5.69 Å². The molecule has 0 fully saturated rings. The second kappa shape index (κ2) is 5.53. The van der Waals surface area contributed by atoms with E-state index >= 15 is 0 Å². The Morgan fingerprint density at radius 2 is 1.44 bits per heavy atom. The van der Waals surface area contributed by atoms with Gasteiger partial charge < -0.3 is 0 Å². The lowest BCUT2D eigenvalue weighted by Gasteiger charge is -2.22. The Morgan fingerprint density at radius 3 is 2.19 bits per heavy atom. The Morgan fingerprint density at radius 1 is 0.704 bits per heavy atom. The van der Waals surface area contributed by atoms with Gasteiger partial charge in [0.15, 0.2) is 0 Å². The summed E-state index contributed by atoms with van der Waals surface area (Å²) in [5, 5.41) is 2.53. The molecule has 1 aromatic heterocycles. The van der Waals surface area contributed by atoms with Crippen molar-refractivity contribution in [3.8, 4) is 33.5 Å². The quantitative estimate of drug-likeness (QED) is 0.289. The number of pyridine rings is 1. The van der Waals surface area contributed by atoms with E-state index in [2.05, 4.69) is 88.4 Å². The highest BCUT2D eigenvalue weighted by Crippen LogP contribution is 2.47. The Hall–Kier alpha value is -2.93. The van der Waals surface area contributed by atoms with Crippen LogP contribution in [-0.4, -0.2) is 4.98 Å². The summed E-state index contributed by atoms with van der Waals surface area (Å²) in [6.07, 6.45) is 1.95. The molecule has 1 heterocycles. The van der Waals surface area contributed by atoms with E-state index in [0.29, 0.717) is 0 Å². The smallest absolute Gasteiger partial charge is 0.0792 e. The standard InChI is InChI=1S/C26H23N/c1-16-9-10-21-22(13-16)19-7-5-6-8-20(19)23-15-18(26(2,3)4)14-17-11-12-27-25(21)24(17)23/h5-15H,1-4H3. The van der Waals surface area contributed by atoms with Crippen LogP contribution in [-0.2, 0) is 5.41 Å². The number of benzene rings is 3. The summed E-state index contributed by atoms with van der Waals surface area (Å²) in [7, 11) is 0. The van der Waals surface area contributed by atoms with Gasteiger partial charge in [0.1, 0.15) is 0 Å². The zero-order chi connectivity index (χ0) is 18.8. The van der Waals surface area contributed by atoms with E-state index in [9.17, 15) is 0 Å². The molecule has 0 atom stereocenters. The molecule has 1 nitrogen and oxygen atoms in total. The van der Waals surface area contributed by atoms with Crippen molar-refractivity contribution in [2.75, 3.05) is 0 Å². The van der Waals surface area contributed by atoms with Crippen molar-refractivity contribution in [1.82, 2.24) is 4.98 Å². The number of aryl methyl sites for hydroxylation is 1. The van der Waals surface area contributed by atoms with Crippen LogP contribution in [0.2, 0.25) is 0 Å². The molecule has 0 aliphatic heterocycles. The number of hydrogen-bond acceptors (Lipinski definition) is 1. The van der Waals surface area contributed by atoms with Crippen LogP contribution >= 0.6 is 0 Å². The first kappa shape index (κ1) is 16.3. The van der Waals surface area contributed by atoms with Crippen molar-refractivity contribution >= 4 is 10.8 Å². The van der Waals surface area contributed by atoms with Gasteiger partial charge in [-0.3, -0.25) is 4.98 Å². The molecule has 0 saturated heterocycles. The Kier molecular flexibility index (Phi) is 3.33.